The Hall–Kier alpha value is -6.82. The van der Waals surface area contributed by atoms with Gasteiger partial charge in [-0.15, -0.1) is 0 Å². The minimum Gasteiger partial charge on any atom is -0.309 e. The maximum atomic E-state index is 14.1. The highest BCUT2D eigenvalue weighted by atomic mass is 19.4. The second-order valence-electron chi connectivity index (χ2n) is 11.9. The molecule has 0 unspecified atom stereocenters. The molecule has 0 bridgehead atoms. The van der Waals surface area contributed by atoms with Crippen LogP contribution in [0.25, 0.3) is 71.0 Å². The van der Waals surface area contributed by atoms with Gasteiger partial charge in [0.25, 0.3) is 0 Å². The van der Waals surface area contributed by atoms with Crippen molar-refractivity contribution in [1.29, 1.82) is 10.5 Å². The molecule has 0 spiro atoms. The van der Waals surface area contributed by atoms with Gasteiger partial charge < -0.3 is 9.13 Å². The third-order valence-electron chi connectivity index (χ3n) is 9.02. The van der Waals surface area contributed by atoms with Crippen LogP contribution in [0.4, 0.5) is 18.9 Å². The van der Waals surface area contributed by atoms with Crippen molar-refractivity contribution in [3.8, 4) is 34.6 Å². The zero-order valence-corrected chi connectivity index (χ0v) is 25.8. The Kier molecular flexibility index (Phi) is 6.56. The molecular formula is C41H22F3N5. The molecule has 8 heteroatoms. The third-order valence-corrected chi connectivity index (χ3v) is 9.02. The Morgan fingerprint density at radius 3 is 1.73 bits per heavy atom. The molecule has 8 rings (SSSR count). The van der Waals surface area contributed by atoms with Crippen LogP contribution >= 0.6 is 0 Å². The van der Waals surface area contributed by atoms with Gasteiger partial charge in [-0.05, 0) is 78.2 Å². The van der Waals surface area contributed by atoms with Crippen LogP contribution in [0.1, 0.15) is 22.3 Å². The van der Waals surface area contributed by atoms with E-state index in [9.17, 15) is 23.7 Å². The van der Waals surface area contributed by atoms with Crippen molar-refractivity contribution in [3.05, 3.63) is 149 Å². The predicted octanol–water partition coefficient (Wildman–Crippen LogP) is 11.2. The molecule has 0 radical (unpaired) electrons. The SMILES string of the molecule is [C-]#[N+]c1ccc2c3ccccc3n(-c3cc(-c4cc(C)cc(C(F)(F)F)c4)cc(-n4c5ccccc5c5ccc(C#N)cc54)c3C#N)c2c1. The van der Waals surface area contributed by atoms with E-state index >= 15 is 0 Å². The number of hydrogen-bond acceptors (Lipinski definition) is 2. The Morgan fingerprint density at radius 2 is 1.16 bits per heavy atom. The maximum Gasteiger partial charge on any atom is 0.416 e. The minimum atomic E-state index is -4.57. The van der Waals surface area contributed by atoms with E-state index in [-0.39, 0.29) is 5.56 Å². The molecule has 0 saturated heterocycles. The van der Waals surface area contributed by atoms with Gasteiger partial charge in [0.2, 0.25) is 0 Å². The van der Waals surface area contributed by atoms with Gasteiger partial charge in [0.1, 0.15) is 11.6 Å². The lowest BCUT2D eigenvalue weighted by Gasteiger charge is -2.19. The van der Waals surface area contributed by atoms with E-state index in [1.807, 2.05) is 69.8 Å². The van der Waals surface area contributed by atoms with Gasteiger partial charge >= 0.3 is 6.18 Å². The number of alkyl halides is 3. The molecule has 5 nitrogen and oxygen atoms in total. The number of aryl methyl sites for hydroxylation is 1. The number of rotatable bonds is 3. The average molecular weight is 642 g/mol. The van der Waals surface area contributed by atoms with Crippen LogP contribution in [0, 0.1) is 36.2 Å². The summed E-state index contributed by atoms with van der Waals surface area (Å²) in [5.74, 6) is 0. The summed E-state index contributed by atoms with van der Waals surface area (Å²) in [4.78, 5) is 3.65. The van der Waals surface area contributed by atoms with Gasteiger partial charge in [-0.2, -0.15) is 23.7 Å². The van der Waals surface area contributed by atoms with E-state index in [0.29, 0.717) is 50.3 Å². The van der Waals surface area contributed by atoms with Crippen molar-refractivity contribution in [3.63, 3.8) is 0 Å². The summed E-state index contributed by atoms with van der Waals surface area (Å²) in [7, 11) is 0. The molecule has 232 valence electrons. The first-order valence-corrected chi connectivity index (χ1v) is 15.3. The molecule has 49 heavy (non-hydrogen) atoms. The molecule has 0 N–H and O–H groups in total. The van der Waals surface area contributed by atoms with Gasteiger partial charge in [-0.3, -0.25) is 0 Å². The standard InChI is InChI=1S/C41H22F3N5/c1-24-15-26(18-28(16-24)41(42,43)44)27-19-38(48-35-9-5-3-7-30(35)32-13-11-25(22-45)17-37(32)48)34(23-46)39(20-27)49-36-10-6-4-8-31(36)33-14-12-29(47-2)21-40(33)49/h3-21H,1H3. The summed E-state index contributed by atoms with van der Waals surface area (Å²) in [5.41, 5.74) is 5.36. The number of nitrogens with zero attached hydrogens (tertiary/aromatic N) is 5. The first kappa shape index (κ1) is 29.6. The van der Waals surface area contributed by atoms with Gasteiger partial charge in [0.05, 0.1) is 51.7 Å². The van der Waals surface area contributed by atoms with Gasteiger partial charge in [-0.1, -0.05) is 60.7 Å². The lowest BCUT2D eigenvalue weighted by Crippen LogP contribution is -2.07. The first-order valence-electron chi connectivity index (χ1n) is 15.3. The molecular weight excluding hydrogens is 619 g/mol. The lowest BCUT2D eigenvalue weighted by molar-refractivity contribution is -0.137. The summed E-state index contributed by atoms with van der Waals surface area (Å²) in [6, 6.07) is 38.2. The summed E-state index contributed by atoms with van der Waals surface area (Å²) < 4.78 is 46.2. The van der Waals surface area contributed by atoms with E-state index in [2.05, 4.69) is 17.0 Å². The highest BCUT2D eigenvalue weighted by molar-refractivity contribution is 6.12. The first-order chi connectivity index (χ1) is 23.7. The number of nitriles is 2. The largest absolute Gasteiger partial charge is 0.416 e. The van der Waals surface area contributed by atoms with Crippen molar-refractivity contribution >= 4 is 49.3 Å². The summed E-state index contributed by atoms with van der Waals surface area (Å²) in [6.07, 6.45) is -4.57. The molecule has 0 amide bonds. The van der Waals surface area contributed by atoms with Crippen molar-refractivity contribution in [2.75, 3.05) is 0 Å². The zero-order chi connectivity index (χ0) is 34.0. The molecule has 0 atom stereocenters. The maximum absolute atomic E-state index is 14.1. The van der Waals surface area contributed by atoms with Crippen LogP contribution in [-0.2, 0) is 6.18 Å². The van der Waals surface area contributed by atoms with Gasteiger partial charge in [0, 0.05) is 27.1 Å². The molecule has 8 aromatic rings. The van der Waals surface area contributed by atoms with Crippen molar-refractivity contribution in [1.82, 2.24) is 9.13 Å². The fraction of sp³-hybridized carbons (Fsp3) is 0.0488. The summed E-state index contributed by atoms with van der Waals surface area (Å²) in [5, 5.41) is 24.4. The van der Waals surface area contributed by atoms with E-state index in [4.69, 9.17) is 6.57 Å². The molecule has 0 saturated carbocycles. The fourth-order valence-corrected chi connectivity index (χ4v) is 6.95. The Morgan fingerprint density at radius 1 is 0.612 bits per heavy atom. The topological polar surface area (TPSA) is 61.8 Å². The number of aromatic nitrogens is 2. The highest BCUT2D eigenvalue weighted by Crippen LogP contribution is 2.42. The van der Waals surface area contributed by atoms with E-state index in [1.165, 1.54) is 0 Å². The Labute approximate surface area is 278 Å². The van der Waals surface area contributed by atoms with Crippen LogP contribution in [-0.4, -0.2) is 9.13 Å². The second kappa shape index (κ2) is 10.9. The third kappa shape index (κ3) is 4.60. The van der Waals surface area contributed by atoms with Crippen LogP contribution < -0.4 is 0 Å². The van der Waals surface area contributed by atoms with Gasteiger partial charge in [-0.25, -0.2) is 4.85 Å². The molecule has 0 fully saturated rings. The van der Waals surface area contributed by atoms with E-state index in [1.54, 1.807) is 49.4 Å². The predicted molar refractivity (Wildman–Crippen MR) is 186 cm³/mol. The lowest BCUT2D eigenvalue weighted by atomic mass is 9.96. The van der Waals surface area contributed by atoms with Gasteiger partial charge in [0.15, 0.2) is 5.69 Å². The van der Waals surface area contributed by atoms with Crippen LogP contribution in [0.5, 0.6) is 0 Å². The summed E-state index contributed by atoms with van der Waals surface area (Å²) >= 11 is 0. The van der Waals surface area contributed by atoms with E-state index in [0.717, 1.165) is 44.7 Å². The number of benzene rings is 6. The fourth-order valence-electron chi connectivity index (χ4n) is 6.95. The van der Waals surface area contributed by atoms with Crippen molar-refractivity contribution in [2.24, 2.45) is 0 Å². The minimum absolute atomic E-state index is 0.272. The second-order valence-corrected chi connectivity index (χ2v) is 11.9. The van der Waals surface area contributed by atoms with E-state index < -0.39 is 11.7 Å². The number of fused-ring (bicyclic) bond motifs is 6. The zero-order valence-electron chi connectivity index (χ0n) is 25.8. The molecule has 0 aliphatic carbocycles. The Bertz CT molecular complexity index is 2660. The molecule has 2 heterocycles. The van der Waals surface area contributed by atoms with Crippen LogP contribution in [0.2, 0.25) is 0 Å². The Balaban J connectivity index is 1.58. The molecule has 0 aliphatic heterocycles. The number of halogens is 3. The van der Waals surface area contributed by atoms with Crippen LogP contribution in [0.15, 0.2) is 115 Å². The summed E-state index contributed by atoms with van der Waals surface area (Å²) in [6.45, 7) is 9.33. The van der Waals surface area contributed by atoms with Crippen LogP contribution in [0.3, 0.4) is 0 Å². The molecule has 0 aliphatic rings. The molecule has 6 aromatic carbocycles. The van der Waals surface area contributed by atoms with Crippen molar-refractivity contribution in [2.45, 2.75) is 13.1 Å². The average Bonchev–Trinajstić information content (AvgIpc) is 3.62. The monoisotopic (exact) mass is 641 g/mol. The number of para-hydroxylation sites is 2. The highest BCUT2D eigenvalue weighted by Gasteiger charge is 2.31. The quantitative estimate of drug-likeness (QED) is 0.180. The normalized spacial score (nSPS) is 11.6. The van der Waals surface area contributed by atoms with Crippen molar-refractivity contribution < 1.29 is 13.2 Å². The smallest absolute Gasteiger partial charge is 0.309 e. The number of hydrogen-bond donors (Lipinski definition) is 0. The molecule has 2 aromatic heterocycles.